The molecule has 0 bridgehead atoms. The van der Waals surface area contributed by atoms with Crippen molar-refractivity contribution in [2.24, 2.45) is 0 Å². The van der Waals surface area contributed by atoms with Gasteiger partial charge in [0.15, 0.2) is 0 Å². The molecule has 0 radical (unpaired) electrons. The summed E-state index contributed by atoms with van der Waals surface area (Å²) < 4.78 is 26.3. The first kappa shape index (κ1) is 14.8. The molecule has 0 spiro atoms. The molecule has 0 fully saturated rings. The van der Waals surface area contributed by atoms with E-state index >= 15 is 0 Å². The van der Waals surface area contributed by atoms with Crippen LogP contribution in [0.4, 0.5) is 0 Å². The van der Waals surface area contributed by atoms with Crippen LogP contribution >= 0.6 is 0 Å². The van der Waals surface area contributed by atoms with Gasteiger partial charge in [-0.25, -0.2) is 13.1 Å². The van der Waals surface area contributed by atoms with Gasteiger partial charge in [0.05, 0.1) is 5.75 Å². The highest BCUT2D eigenvalue weighted by molar-refractivity contribution is 7.89. The Morgan fingerprint density at radius 3 is 2.50 bits per heavy atom. The summed E-state index contributed by atoms with van der Waals surface area (Å²) in [5.41, 5.74) is 2.28. The number of aromatic amines is 1. The van der Waals surface area contributed by atoms with Gasteiger partial charge < -0.3 is 4.98 Å². The van der Waals surface area contributed by atoms with Crippen LogP contribution in [-0.2, 0) is 22.9 Å². The van der Waals surface area contributed by atoms with Crippen molar-refractivity contribution in [3.05, 3.63) is 59.9 Å². The van der Waals surface area contributed by atoms with Gasteiger partial charge in [0, 0.05) is 18.9 Å². The van der Waals surface area contributed by atoms with Crippen LogP contribution in [0.15, 0.2) is 48.8 Å². The van der Waals surface area contributed by atoms with Crippen LogP contribution in [0, 0.1) is 0 Å². The molecule has 20 heavy (non-hydrogen) atoms. The van der Waals surface area contributed by atoms with Crippen LogP contribution in [0.2, 0.25) is 0 Å². The molecule has 5 heteroatoms. The molecule has 1 heterocycles. The van der Waals surface area contributed by atoms with Gasteiger partial charge in [0.1, 0.15) is 0 Å². The molecule has 0 aliphatic rings. The van der Waals surface area contributed by atoms with E-state index in [2.05, 4.69) is 9.71 Å². The Kier molecular flexibility index (Phi) is 5.38. The molecule has 108 valence electrons. The lowest BCUT2D eigenvalue weighted by atomic mass is 10.1. The maximum absolute atomic E-state index is 11.8. The standard InChI is InChI=1S/C15H20N2O2S/c18-20(19,17-11-9-15-8-10-16-13-15)12-4-7-14-5-2-1-3-6-14/h1-3,5-6,8,10,13,16-17H,4,7,9,11-12H2. The molecule has 1 aromatic carbocycles. The maximum Gasteiger partial charge on any atom is 0.211 e. The summed E-state index contributed by atoms with van der Waals surface area (Å²) in [6, 6.07) is 11.9. The van der Waals surface area contributed by atoms with Crippen LogP contribution in [-0.4, -0.2) is 25.7 Å². The van der Waals surface area contributed by atoms with E-state index < -0.39 is 10.0 Å². The Hall–Kier alpha value is -1.59. The molecule has 2 N–H and O–H groups in total. The summed E-state index contributed by atoms with van der Waals surface area (Å²) in [5.74, 6) is 0.176. The summed E-state index contributed by atoms with van der Waals surface area (Å²) in [6.45, 7) is 0.450. The van der Waals surface area contributed by atoms with Gasteiger partial charge >= 0.3 is 0 Å². The molecule has 0 saturated carbocycles. The molecule has 0 unspecified atom stereocenters. The molecule has 0 atom stereocenters. The van der Waals surface area contributed by atoms with E-state index in [1.807, 2.05) is 48.8 Å². The highest BCUT2D eigenvalue weighted by atomic mass is 32.2. The van der Waals surface area contributed by atoms with Gasteiger partial charge in [-0.15, -0.1) is 0 Å². The molecule has 2 rings (SSSR count). The van der Waals surface area contributed by atoms with Crippen molar-refractivity contribution in [3.8, 4) is 0 Å². The van der Waals surface area contributed by atoms with Crippen molar-refractivity contribution >= 4 is 10.0 Å². The fraction of sp³-hybridized carbons (Fsp3) is 0.333. The molecule has 0 amide bonds. The van der Waals surface area contributed by atoms with Gasteiger partial charge in [-0.05, 0) is 36.5 Å². The third-order valence-corrected chi connectivity index (χ3v) is 4.59. The van der Waals surface area contributed by atoms with Gasteiger partial charge in [-0.3, -0.25) is 0 Å². The monoisotopic (exact) mass is 292 g/mol. The molecule has 4 nitrogen and oxygen atoms in total. The second-order valence-electron chi connectivity index (χ2n) is 4.77. The second-order valence-corrected chi connectivity index (χ2v) is 6.70. The lowest BCUT2D eigenvalue weighted by molar-refractivity contribution is 0.579. The average molecular weight is 292 g/mol. The number of hydrogen-bond acceptors (Lipinski definition) is 2. The number of H-pyrrole nitrogens is 1. The molecule has 0 aliphatic heterocycles. The van der Waals surface area contributed by atoms with Crippen LogP contribution in [0.3, 0.4) is 0 Å². The first-order chi connectivity index (χ1) is 9.66. The third-order valence-electron chi connectivity index (χ3n) is 3.12. The van der Waals surface area contributed by atoms with Gasteiger partial charge in [-0.1, -0.05) is 30.3 Å². The molecular weight excluding hydrogens is 272 g/mol. The minimum Gasteiger partial charge on any atom is -0.367 e. The van der Waals surface area contributed by atoms with Crippen LogP contribution in [0.5, 0.6) is 0 Å². The number of aromatic nitrogens is 1. The fourth-order valence-electron chi connectivity index (χ4n) is 2.05. The van der Waals surface area contributed by atoms with E-state index in [9.17, 15) is 8.42 Å². The van der Waals surface area contributed by atoms with Gasteiger partial charge in [0.25, 0.3) is 0 Å². The van der Waals surface area contributed by atoms with E-state index in [-0.39, 0.29) is 5.75 Å². The van der Waals surface area contributed by atoms with Crippen molar-refractivity contribution in [2.45, 2.75) is 19.3 Å². The summed E-state index contributed by atoms with van der Waals surface area (Å²) >= 11 is 0. The van der Waals surface area contributed by atoms with Crippen LogP contribution in [0.25, 0.3) is 0 Å². The highest BCUT2D eigenvalue weighted by Gasteiger charge is 2.09. The number of sulfonamides is 1. The highest BCUT2D eigenvalue weighted by Crippen LogP contribution is 2.04. The number of rotatable bonds is 8. The predicted octanol–water partition coefficient (Wildman–Crippen LogP) is 2.11. The Morgan fingerprint density at radius 1 is 1.00 bits per heavy atom. The van der Waals surface area contributed by atoms with Crippen molar-refractivity contribution in [1.82, 2.24) is 9.71 Å². The first-order valence-electron chi connectivity index (χ1n) is 6.79. The smallest absolute Gasteiger partial charge is 0.211 e. The maximum atomic E-state index is 11.8. The SMILES string of the molecule is O=S(=O)(CCCc1ccccc1)NCCc1cc[nH]c1. The van der Waals surface area contributed by atoms with Crippen LogP contribution in [0.1, 0.15) is 17.5 Å². The zero-order valence-corrected chi connectivity index (χ0v) is 12.2. The van der Waals surface area contributed by atoms with Gasteiger partial charge in [-0.2, -0.15) is 0 Å². The first-order valence-corrected chi connectivity index (χ1v) is 8.44. The molecular formula is C15H20N2O2S. The zero-order chi connectivity index (χ0) is 14.3. The minimum absolute atomic E-state index is 0.176. The quantitative estimate of drug-likeness (QED) is 0.783. The summed E-state index contributed by atoms with van der Waals surface area (Å²) in [6.07, 6.45) is 5.86. The number of aryl methyl sites for hydroxylation is 1. The lowest BCUT2D eigenvalue weighted by Crippen LogP contribution is -2.28. The van der Waals surface area contributed by atoms with Crippen molar-refractivity contribution in [1.29, 1.82) is 0 Å². The molecule has 1 aromatic heterocycles. The average Bonchev–Trinajstić information content (AvgIpc) is 2.93. The van der Waals surface area contributed by atoms with E-state index in [0.29, 0.717) is 19.4 Å². The number of hydrogen-bond donors (Lipinski definition) is 2. The minimum atomic E-state index is -3.17. The zero-order valence-electron chi connectivity index (χ0n) is 11.4. The number of benzene rings is 1. The Morgan fingerprint density at radius 2 is 1.80 bits per heavy atom. The van der Waals surface area contributed by atoms with E-state index in [4.69, 9.17) is 0 Å². The summed E-state index contributed by atoms with van der Waals surface area (Å²) in [5, 5.41) is 0. The summed E-state index contributed by atoms with van der Waals surface area (Å²) in [7, 11) is -3.17. The topological polar surface area (TPSA) is 62.0 Å². The van der Waals surface area contributed by atoms with Gasteiger partial charge in [0.2, 0.25) is 10.0 Å². The van der Waals surface area contributed by atoms with Crippen molar-refractivity contribution in [2.75, 3.05) is 12.3 Å². The van der Waals surface area contributed by atoms with Crippen molar-refractivity contribution in [3.63, 3.8) is 0 Å². The van der Waals surface area contributed by atoms with E-state index in [1.54, 1.807) is 0 Å². The molecule has 0 aliphatic carbocycles. The Balaban J connectivity index is 1.68. The fourth-order valence-corrected chi connectivity index (χ4v) is 3.13. The number of nitrogens with one attached hydrogen (secondary N) is 2. The normalized spacial score (nSPS) is 11.6. The van der Waals surface area contributed by atoms with Crippen LogP contribution < -0.4 is 4.72 Å². The largest absolute Gasteiger partial charge is 0.367 e. The third kappa shape index (κ3) is 5.19. The van der Waals surface area contributed by atoms with E-state index in [0.717, 1.165) is 12.0 Å². The van der Waals surface area contributed by atoms with Crippen molar-refractivity contribution < 1.29 is 8.42 Å². The van der Waals surface area contributed by atoms with E-state index in [1.165, 1.54) is 5.56 Å². The predicted molar refractivity (Wildman–Crippen MR) is 81.0 cm³/mol. The molecule has 2 aromatic rings. The Labute approximate surface area is 120 Å². The lowest BCUT2D eigenvalue weighted by Gasteiger charge is -2.06. The Bertz CT molecular complexity index is 592. The molecule has 0 saturated heterocycles. The summed E-state index contributed by atoms with van der Waals surface area (Å²) in [4.78, 5) is 2.95. The second kappa shape index (κ2) is 7.26.